The fourth-order valence-corrected chi connectivity index (χ4v) is 2.49. The zero-order valence-electron chi connectivity index (χ0n) is 11.2. The van der Waals surface area contributed by atoms with Gasteiger partial charge in [0.1, 0.15) is 0 Å². The fraction of sp³-hybridized carbons (Fsp3) is 0.333. The van der Waals surface area contributed by atoms with Crippen molar-refractivity contribution in [3.8, 4) is 11.3 Å². The van der Waals surface area contributed by atoms with Gasteiger partial charge in [0.25, 0.3) is 0 Å². The van der Waals surface area contributed by atoms with Crippen molar-refractivity contribution in [3.63, 3.8) is 0 Å². The highest BCUT2D eigenvalue weighted by atomic mass is 16.5. The molecule has 0 radical (unpaired) electrons. The summed E-state index contributed by atoms with van der Waals surface area (Å²) in [4.78, 5) is 11.1. The molecule has 20 heavy (non-hydrogen) atoms. The highest BCUT2D eigenvalue weighted by molar-refractivity contribution is 5.93. The van der Waals surface area contributed by atoms with Crippen molar-refractivity contribution in [2.45, 2.75) is 25.5 Å². The van der Waals surface area contributed by atoms with E-state index in [4.69, 9.17) is 10.5 Å². The minimum Gasteiger partial charge on any atom is -0.366 e. The molecule has 2 N–H and O–H groups in total. The summed E-state index contributed by atoms with van der Waals surface area (Å²) in [6, 6.07) is 9.19. The highest BCUT2D eigenvalue weighted by Gasteiger charge is 2.19. The van der Waals surface area contributed by atoms with Gasteiger partial charge in [-0.3, -0.25) is 4.79 Å². The molecule has 1 saturated heterocycles. The number of hydrogen-bond acceptors (Lipinski definition) is 3. The SMILES string of the molecule is NC(=O)c1ccc(-c2ccnn2C2CCCCO2)cc1. The summed E-state index contributed by atoms with van der Waals surface area (Å²) in [5.74, 6) is -0.416. The number of carbonyl (C=O) groups excluding carboxylic acids is 1. The van der Waals surface area contributed by atoms with Crippen molar-refractivity contribution in [2.24, 2.45) is 5.73 Å². The molecule has 1 fully saturated rings. The van der Waals surface area contributed by atoms with E-state index in [1.165, 1.54) is 0 Å². The molecule has 0 aliphatic carbocycles. The Labute approximate surface area is 117 Å². The maximum Gasteiger partial charge on any atom is 0.248 e. The molecule has 1 aromatic heterocycles. The predicted molar refractivity (Wildman–Crippen MR) is 75.0 cm³/mol. The van der Waals surface area contributed by atoms with Crippen LogP contribution in [0.3, 0.4) is 0 Å². The zero-order valence-corrected chi connectivity index (χ0v) is 11.2. The molecule has 0 bridgehead atoms. The third-order valence-electron chi connectivity index (χ3n) is 3.56. The smallest absolute Gasteiger partial charge is 0.248 e. The average molecular weight is 271 g/mol. The van der Waals surface area contributed by atoms with Gasteiger partial charge in [0, 0.05) is 18.4 Å². The number of primary amides is 1. The van der Waals surface area contributed by atoms with Crippen LogP contribution in [0.1, 0.15) is 35.8 Å². The van der Waals surface area contributed by atoms with Crippen LogP contribution in [0.4, 0.5) is 0 Å². The van der Waals surface area contributed by atoms with Gasteiger partial charge in [-0.25, -0.2) is 4.68 Å². The lowest BCUT2D eigenvalue weighted by Gasteiger charge is -2.24. The van der Waals surface area contributed by atoms with E-state index in [9.17, 15) is 4.79 Å². The van der Waals surface area contributed by atoms with Gasteiger partial charge in [0.2, 0.25) is 5.91 Å². The zero-order chi connectivity index (χ0) is 13.9. The summed E-state index contributed by atoms with van der Waals surface area (Å²) >= 11 is 0. The number of nitrogens with two attached hydrogens (primary N) is 1. The normalized spacial score (nSPS) is 18.9. The van der Waals surface area contributed by atoms with Crippen LogP contribution in [0.2, 0.25) is 0 Å². The first-order valence-electron chi connectivity index (χ1n) is 6.81. The summed E-state index contributed by atoms with van der Waals surface area (Å²) in [5.41, 5.74) is 7.76. The predicted octanol–water partition coefficient (Wildman–Crippen LogP) is 2.35. The molecule has 1 aromatic carbocycles. The van der Waals surface area contributed by atoms with Crippen LogP contribution in [0, 0.1) is 0 Å². The van der Waals surface area contributed by atoms with E-state index in [1.807, 2.05) is 22.9 Å². The first-order chi connectivity index (χ1) is 9.75. The van der Waals surface area contributed by atoms with Crippen LogP contribution < -0.4 is 5.73 Å². The molecule has 1 amide bonds. The Morgan fingerprint density at radius 1 is 1.25 bits per heavy atom. The van der Waals surface area contributed by atoms with Crippen LogP contribution in [0.25, 0.3) is 11.3 Å². The second-order valence-electron chi connectivity index (χ2n) is 4.92. The Morgan fingerprint density at radius 2 is 2.05 bits per heavy atom. The number of ether oxygens (including phenoxy) is 1. The van der Waals surface area contributed by atoms with Crippen molar-refractivity contribution < 1.29 is 9.53 Å². The third-order valence-corrected chi connectivity index (χ3v) is 3.56. The van der Waals surface area contributed by atoms with Gasteiger partial charge in [-0.15, -0.1) is 0 Å². The lowest BCUT2D eigenvalue weighted by Crippen LogP contribution is -2.19. The number of aromatic nitrogens is 2. The van der Waals surface area contributed by atoms with Gasteiger partial charge in [-0.1, -0.05) is 12.1 Å². The molecule has 1 unspecified atom stereocenters. The van der Waals surface area contributed by atoms with Crippen molar-refractivity contribution >= 4 is 5.91 Å². The fourth-order valence-electron chi connectivity index (χ4n) is 2.49. The molecule has 2 heterocycles. The molecule has 5 heteroatoms. The molecule has 5 nitrogen and oxygen atoms in total. The quantitative estimate of drug-likeness (QED) is 0.931. The van der Waals surface area contributed by atoms with Gasteiger partial charge >= 0.3 is 0 Å². The third kappa shape index (κ3) is 2.44. The lowest BCUT2D eigenvalue weighted by atomic mass is 10.1. The van der Waals surface area contributed by atoms with E-state index < -0.39 is 5.91 Å². The van der Waals surface area contributed by atoms with Gasteiger partial charge < -0.3 is 10.5 Å². The Kier molecular flexibility index (Phi) is 3.52. The first kappa shape index (κ1) is 12.9. The molecule has 2 aromatic rings. The molecule has 1 aliphatic rings. The number of carbonyl (C=O) groups is 1. The van der Waals surface area contributed by atoms with Crippen LogP contribution in [0.15, 0.2) is 36.5 Å². The Balaban J connectivity index is 1.90. The number of rotatable bonds is 3. The molecule has 1 atom stereocenters. The van der Waals surface area contributed by atoms with Gasteiger partial charge in [-0.05, 0) is 43.0 Å². The van der Waals surface area contributed by atoms with Crippen LogP contribution in [-0.2, 0) is 4.74 Å². The lowest BCUT2D eigenvalue weighted by molar-refractivity contribution is -0.0383. The summed E-state index contributed by atoms with van der Waals surface area (Å²) in [6.45, 7) is 0.782. The molecule has 1 aliphatic heterocycles. The summed E-state index contributed by atoms with van der Waals surface area (Å²) in [7, 11) is 0. The minimum absolute atomic E-state index is 0.00423. The molecular weight excluding hydrogens is 254 g/mol. The monoisotopic (exact) mass is 271 g/mol. The van der Waals surface area contributed by atoms with E-state index in [-0.39, 0.29) is 6.23 Å². The Bertz CT molecular complexity index is 598. The van der Waals surface area contributed by atoms with Crippen LogP contribution in [-0.4, -0.2) is 22.3 Å². The Hall–Kier alpha value is -2.14. The highest BCUT2D eigenvalue weighted by Crippen LogP contribution is 2.28. The number of hydrogen-bond donors (Lipinski definition) is 1. The largest absolute Gasteiger partial charge is 0.366 e. The van der Waals surface area contributed by atoms with Gasteiger partial charge in [0.15, 0.2) is 6.23 Å². The molecule has 104 valence electrons. The molecule has 0 spiro atoms. The molecular formula is C15H17N3O2. The molecule has 3 rings (SSSR count). The van der Waals surface area contributed by atoms with Gasteiger partial charge in [-0.2, -0.15) is 5.10 Å². The average Bonchev–Trinajstić information content (AvgIpc) is 2.97. The summed E-state index contributed by atoms with van der Waals surface area (Å²) in [6.07, 6.45) is 5.03. The van der Waals surface area contributed by atoms with Gasteiger partial charge in [0.05, 0.1) is 5.69 Å². The maximum absolute atomic E-state index is 11.1. The van der Waals surface area contributed by atoms with Crippen LogP contribution >= 0.6 is 0 Å². The Morgan fingerprint density at radius 3 is 2.70 bits per heavy atom. The van der Waals surface area contributed by atoms with E-state index in [2.05, 4.69) is 5.10 Å². The summed E-state index contributed by atoms with van der Waals surface area (Å²) in [5, 5.41) is 4.37. The van der Waals surface area contributed by atoms with Crippen molar-refractivity contribution in [1.29, 1.82) is 0 Å². The standard InChI is InChI=1S/C15H17N3O2/c16-15(19)12-6-4-11(5-7-12)13-8-9-17-18(13)14-3-1-2-10-20-14/h4-9,14H,1-3,10H2,(H2,16,19). The van der Waals surface area contributed by atoms with E-state index in [1.54, 1.807) is 18.3 Å². The molecule has 0 saturated carbocycles. The van der Waals surface area contributed by atoms with Crippen LogP contribution in [0.5, 0.6) is 0 Å². The van der Waals surface area contributed by atoms with Crippen molar-refractivity contribution in [3.05, 3.63) is 42.1 Å². The summed E-state index contributed by atoms with van der Waals surface area (Å²) < 4.78 is 7.69. The van der Waals surface area contributed by atoms with Crippen molar-refractivity contribution in [1.82, 2.24) is 9.78 Å². The second kappa shape index (κ2) is 5.46. The maximum atomic E-state index is 11.1. The van der Waals surface area contributed by atoms with E-state index in [0.717, 1.165) is 37.1 Å². The number of amides is 1. The minimum atomic E-state index is -0.416. The number of benzene rings is 1. The van der Waals surface area contributed by atoms with Crippen molar-refractivity contribution in [2.75, 3.05) is 6.61 Å². The topological polar surface area (TPSA) is 70.1 Å². The first-order valence-corrected chi connectivity index (χ1v) is 6.81. The number of nitrogens with zero attached hydrogens (tertiary/aromatic N) is 2. The van der Waals surface area contributed by atoms with E-state index in [0.29, 0.717) is 5.56 Å². The second-order valence-corrected chi connectivity index (χ2v) is 4.92. The van der Waals surface area contributed by atoms with E-state index >= 15 is 0 Å².